The first-order chi connectivity index (χ1) is 17.2. The SMILES string of the molecule is Cc1[nH]c2ccccc2c1C1c2ccccc2C(=O)N1C(C)C(=O)NNS(=O)(=O)c1ccc(F)cc1. The standard InChI is InChI=1S/C26H23FN4O4S/c1-15-23(21-9-5-6-10-22(21)28-15)24-19-7-3-4-8-20(19)26(33)31(24)16(2)25(32)29-30-36(34,35)18-13-11-17(27)12-14-18/h3-14,16,24,28,30H,1-2H3,(H,29,32). The number of hydrogen-bond donors (Lipinski definition) is 3. The largest absolute Gasteiger partial charge is 0.358 e. The molecular weight excluding hydrogens is 483 g/mol. The summed E-state index contributed by atoms with van der Waals surface area (Å²) in [7, 11) is -4.15. The molecular formula is C26H23FN4O4S. The molecule has 184 valence electrons. The van der Waals surface area contributed by atoms with Crippen LogP contribution in [0.4, 0.5) is 4.39 Å². The van der Waals surface area contributed by atoms with Crippen LogP contribution < -0.4 is 10.3 Å². The Kier molecular flexibility index (Phi) is 5.85. The Hall–Kier alpha value is -4.02. The number of benzene rings is 3. The molecule has 0 saturated carbocycles. The van der Waals surface area contributed by atoms with Gasteiger partial charge in [0.15, 0.2) is 0 Å². The molecule has 0 fully saturated rings. The maximum absolute atomic E-state index is 13.5. The van der Waals surface area contributed by atoms with Crippen molar-refractivity contribution in [2.45, 2.75) is 30.8 Å². The van der Waals surface area contributed by atoms with Gasteiger partial charge in [0.25, 0.3) is 21.8 Å². The smallest absolute Gasteiger partial charge is 0.257 e. The van der Waals surface area contributed by atoms with Crippen LogP contribution in [0.2, 0.25) is 0 Å². The summed E-state index contributed by atoms with van der Waals surface area (Å²) < 4.78 is 38.3. The van der Waals surface area contributed by atoms with Crippen molar-refractivity contribution in [1.82, 2.24) is 20.1 Å². The number of sulfonamides is 1. The first-order valence-corrected chi connectivity index (χ1v) is 12.7. The van der Waals surface area contributed by atoms with Gasteiger partial charge in [0.1, 0.15) is 11.9 Å². The molecule has 3 aromatic carbocycles. The summed E-state index contributed by atoms with van der Waals surface area (Å²) >= 11 is 0. The van der Waals surface area contributed by atoms with Crippen molar-refractivity contribution in [1.29, 1.82) is 0 Å². The molecule has 2 unspecified atom stereocenters. The molecule has 1 aliphatic rings. The van der Waals surface area contributed by atoms with E-state index in [1.54, 1.807) is 19.1 Å². The summed E-state index contributed by atoms with van der Waals surface area (Å²) in [6.07, 6.45) is 0. The van der Waals surface area contributed by atoms with Gasteiger partial charge in [-0.15, -0.1) is 4.83 Å². The van der Waals surface area contributed by atoms with Crippen molar-refractivity contribution in [2.24, 2.45) is 0 Å². The van der Waals surface area contributed by atoms with Gasteiger partial charge in [0.2, 0.25) is 0 Å². The van der Waals surface area contributed by atoms with E-state index in [2.05, 4.69) is 10.4 Å². The molecule has 4 aromatic rings. The van der Waals surface area contributed by atoms with E-state index in [1.165, 1.54) is 4.90 Å². The molecule has 0 bridgehead atoms. The van der Waals surface area contributed by atoms with Crippen LogP contribution in [0.3, 0.4) is 0 Å². The minimum absolute atomic E-state index is 0.214. The maximum atomic E-state index is 13.5. The fraction of sp³-hybridized carbons (Fsp3) is 0.154. The van der Waals surface area contributed by atoms with Crippen LogP contribution in [0.5, 0.6) is 0 Å². The average molecular weight is 507 g/mol. The van der Waals surface area contributed by atoms with Crippen LogP contribution in [-0.4, -0.2) is 36.2 Å². The number of aryl methyl sites for hydroxylation is 1. The third kappa shape index (κ3) is 3.94. The van der Waals surface area contributed by atoms with E-state index in [1.807, 2.05) is 48.2 Å². The second-order valence-electron chi connectivity index (χ2n) is 8.64. The van der Waals surface area contributed by atoms with E-state index in [-0.39, 0.29) is 10.8 Å². The Bertz CT molecular complexity index is 1600. The molecule has 8 nitrogen and oxygen atoms in total. The fourth-order valence-corrected chi connectivity index (χ4v) is 5.55. The molecule has 0 saturated heterocycles. The zero-order chi connectivity index (χ0) is 25.6. The normalized spacial score (nSPS) is 16.2. The number of carbonyl (C=O) groups excluding carboxylic acids is 2. The number of carbonyl (C=O) groups is 2. The number of amides is 2. The quantitative estimate of drug-likeness (QED) is 0.347. The molecule has 10 heteroatoms. The molecule has 0 aliphatic carbocycles. The first kappa shape index (κ1) is 23.7. The molecule has 2 heterocycles. The van der Waals surface area contributed by atoms with Crippen molar-refractivity contribution >= 4 is 32.7 Å². The Labute approximate surface area is 207 Å². The van der Waals surface area contributed by atoms with E-state index in [0.29, 0.717) is 5.56 Å². The molecule has 2 amide bonds. The van der Waals surface area contributed by atoms with Crippen LogP contribution in [-0.2, 0) is 14.8 Å². The number of H-pyrrole nitrogens is 1. The van der Waals surface area contributed by atoms with Gasteiger partial charge in [-0.25, -0.2) is 12.8 Å². The lowest BCUT2D eigenvalue weighted by Gasteiger charge is -2.31. The molecule has 36 heavy (non-hydrogen) atoms. The second-order valence-corrected chi connectivity index (χ2v) is 10.3. The number of para-hydroxylation sites is 1. The number of nitrogens with one attached hydrogen (secondary N) is 3. The van der Waals surface area contributed by atoms with E-state index in [4.69, 9.17) is 0 Å². The van der Waals surface area contributed by atoms with E-state index in [9.17, 15) is 22.4 Å². The number of halogens is 1. The third-order valence-corrected chi connectivity index (χ3v) is 7.71. The van der Waals surface area contributed by atoms with Crippen LogP contribution >= 0.6 is 0 Å². The summed E-state index contributed by atoms with van der Waals surface area (Å²) in [5, 5.41) is 0.930. The highest BCUT2D eigenvalue weighted by molar-refractivity contribution is 7.89. The lowest BCUT2D eigenvalue weighted by Crippen LogP contribution is -2.52. The summed E-state index contributed by atoms with van der Waals surface area (Å²) in [6.45, 7) is 3.46. The average Bonchev–Trinajstić information content (AvgIpc) is 3.35. The summed E-state index contributed by atoms with van der Waals surface area (Å²) in [4.78, 5) is 33.3. The fourth-order valence-electron chi connectivity index (χ4n) is 4.70. The minimum Gasteiger partial charge on any atom is -0.358 e. The first-order valence-electron chi connectivity index (χ1n) is 11.2. The highest BCUT2D eigenvalue weighted by atomic mass is 32.2. The Balaban J connectivity index is 1.47. The number of hydrazine groups is 1. The second kappa shape index (κ2) is 8.89. The van der Waals surface area contributed by atoms with E-state index in [0.717, 1.165) is 52.0 Å². The molecule has 1 aliphatic heterocycles. The van der Waals surface area contributed by atoms with Crippen molar-refractivity contribution in [3.05, 3.63) is 101 Å². The number of nitrogens with zero attached hydrogens (tertiary/aromatic N) is 1. The Morgan fingerprint density at radius 3 is 2.44 bits per heavy atom. The third-order valence-electron chi connectivity index (χ3n) is 6.44. The highest BCUT2D eigenvalue weighted by Crippen LogP contribution is 2.43. The predicted octanol–water partition coefficient (Wildman–Crippen LogP) is 3.56. The number of aromatic nitrogens is 1. The van der Waals surface area contributed by atoms with Gasteiger partial charge in [-0.2, -0.15) is 0 Å². The van der Waals surface area contributed by atoms with Gasteiger partial charge in [-0.1, -0.05) is 36.4 Å². The predicted molar refractivity (Wildman–Crippen MR) is 132 cm³/mol. The van der Waals surface area contributed by atoms with Crippen LogP contribution in [0.15, 0.2) is 77.7 Å². The molecule has 1 aromatic heterocycles. The molecule has 5 rings (SSSR count). The molecule has 2 atom stereocenters. The molecule has 0 radical (unpaired) electrons. The topological polar surface area (TPSA) is 111 Å². The number of fused-ring (bicyclic) bond motifs is 2. The zero-order valence-electron chi connectivity index (χ0n) is 19.4. The summed E-state index contributed by atoms with van der Waals surface area (Å²) in [5.74, 6) is -1.63. The Morgan fingerprint density at radius 1 is 1.03 bits per heavy atom. The number of hydrogen-bond acceptors (Lipinski definition) is 4. The van der Waals surface area contributed by atoms with E-state index < -0.39 is 33.8 Å². The maximum Gasteiger partial charge on any atom is 0.257 e. The molecule has 3 N–H and O–H groups in total. The minimum atomic E-state index is -4.15. The zero-order valence-corrected chi connectivity index (χ0v) is 20.3. The van der Waals surface area contributed by atoms with Gasteiger partial charge < -0.3 is 9.88 Å². The van der Waals surface area contributed by atoms with Gasteiger partial charge in [0, 0.05) is 27.7 Å². The van der Waals surface area contributed by atoms with Crippen molar-refractivity contribution in [3.63, 3.8) is 0 Å². The lowest BCUT2D eigenvalue weighted by molar-refractivity contribution is -0.126. The monoisotopic (exact) mass is 506 g/mol. The molecule has 0 spiro atoms. The summed E-state index contributed by atoms with van der Waals surface area (Å²) in [5.41, 5.74) is 6.10. The van der Waals surface area contributed by atoms with Gasteiger partial charge >= 0.3 is 0 Å². The van der Waals surface area contributed by atoms with Crippen molar-refractivity contribution in [3.8, 4) is 0 Å². The van der Waals surface area contributed by atoms with Gasteiger partial charge in [-0.05, 0) is 55.8 Å². The number of rotatable bonds is 6. The van der Waals surface area contributed by atoms with Gasteiger partial charge in [-0.3, -0.25) is 15.0 Å². The van der Waals surface area contributed by atoms with Crippen LogP contribution in [0.1, 0.15) is 40.1 Å². The van der Waals surface area contributed by atoms with Gasteiger partial charge in [0.05, 0.1) is 10.9 Å². The van der Waals surface area contributed by atoms with Crippen molar-refractivity contribution in [2.75, 3.05) is 0 Å². The summed E-state index contributed by atoms with van der Waals surface area (Å²) in [6, 6.07) is 17.5. The lowest BCUT2D eigenvalue weighted by atomic mass is 9.95. The Morgan fingerprint density at radius 2 is 1.69 bits per heavy atom. The van der Waals surface area contributed by atoms with E-state index >= 15 is 0 Å². The number of aromatic amines is 1. The highest BCUT2D eigenvalue weighted by Gasteiger charge is 2.43. The van der Waals surface area contributed by atoms with Crippen LogP contribution in [0.25, 0.3) is 10.9 Å². The van der Waals surface area contributed by atoms with Crippen LogP contribution in [0, 0.1) is 12.7 Å². The van der Waals surface area contributed by atoms with Crippen molar-refractivity contribution < 1.29 is 22.4 Å².